The lowest BCUT2D eigenvalue weighted by Crippen LogP contribution is -2.53. The highest BCUT2D eigenvalue weighted by Crippen LogP contribution is 2.29. The van der Waals surface area contributed by atoms with Gasteiger partial charge in [0.15, 0.2) is 0 Å². The van der Waals surface area contributed by atoms with Crippen LogP contribution in [0.1, 0.15) is 20.8 Å². The predicted octanol–water partition coefficient (Wildman–Crippen LogP) is 2.13. The van der Waals surface area contributed by atoms with Crippen LogP contribution < -0.4 is 5.32 Å². The third kappa shape index (κ3) is 1.78. The van der Waals surface area contributed by atoms with Gasteiger partial charge >= 0.3 is 6.03 Å². The van der Waals surface area contributed by atoms with Crippen LogP contribution in [0.25, 0.3) is 0 Å². The second kappa shape index (κ2) is 3.72. The van der Waals surface area contributed by atoms with Gasteiger partial charge in [0, 0.05) is 24.2 Å². The summed E-state index contributed by atoms with van der Waals surface area (Å²) in [7, 11) is 0. The fraction of sp³-hybridized carbons (Fsp3) is 0.583. The van der Waals surface area contributed by atoms with Gasteiger partial charge in [0.05, 0.1) is 0 Å². The van der Waals surface area contributed by atoms with E-state index in [2.05, 4.69) is 32.2 Å². The molecule has 82 valence electrons. The second-order valence-corrected chi connectivity index (χ2v) is 4.65. The van der Waals surface area contributed by atoms with Gasteiger partial charge < -0.3 is 10.2 Å². The summed E-state index contributed by atoms with van der Waals surface area (Å²) in [5, 5.41) is 2.98. The lowest BCUT2D eigenvalue weighted by atomic mass is 9.85. The Morgan fingerprint density at radius 2 is 2.27 bits per heavy atom. The van der Waals surface area contributed by atoms with Crippen LogP contribution >= 0.6 is 0 Å². The van der Waals surface area contributed by atoms with Crippen molar-refractivity contribution in [1.82, 2.24) is 10.2 Å². The Balaban J connectivity index is 2.20. The fourth-order valence-corrected chi connectivity index (χ4v) is 2.21. The van der Waals surface area contributed by atoms with E-state index in [1.807, 2.05) is 17.1 Å². The zero-order valence-corrected chi connectivity index (χ0v) is 9.53. The number of rotatable bonds is 1. The van der Waals surface area contributed by atoms with Gasteiger partial charge in [0.1, 0.15) is 0 Å². The van der Waals surface area contributed by atoms with E-state index in [0.29, 0.717) is 11.8 Å². The van der Waals surface area contributed by atoms with Crippen LogP contribution in [0.5, 0.6) is 0 Å². The highest BCUT2D eigenvalue weighted by molar-refractivity contribution is 5.78. The van der Waals surface area contributed by atoms with Gasteiger partial charge in [-0.05, 0) is 25.8 Å². The number of nitrogens with zero attached hydrogens (tertiary/aromatic N) is 1. The van der Waals surface area contributed by atoms with Crippen molar-refractivity contribution in [2.24, 2.45) is 11.8 Å². The Morgan fingerprint density at radius 1 is 1.53 bits per heavy atom. The summed E-state index contributed by atoms with van der Waals surface area (Å²) < 4.78 is 0. The van der Waals surface area contributed by atoms with Crippen molar-refractivity contribution in [3.05, 3.63) is 23.9 Å². The van der Waals surface area contributed by atoms with E-state index >= 15 is 0 Å². The van der Waals surface area contributed by atoms with Gasteiger partial charge in [-0.25, -0.2) is 4.79 Å². The largest absolute Gasteiger partial charge is 0.321 e. The van der Waals surface area contributed by atoms with E-state index < -0.39 is 0 Å². The van der Waals surface area contributed by atoms with Gasteiger partial charge in [-0.1, -0.05) is 19.1 Å². The Bertz CT molecular complexity index is 331. The van der Waals surface area contributed by atoms with E-state index in [-0.39, 0.29) is 12.1 Å². The molecule has 0 saturated carbocycles. The van der Waals surface area contributed by atoms with E-state index in [9.17, 15) is 4.79 Å². The Kier molecular flexibility index (Phi) is 2.55. The van der Waals surface area contributed by atoms with E-state index in [0.717, 1.165) is 12.2 Å². The van der Waals surface area contributed by atoms with Crippen LogP contribution in [-0.4, -0.2) is 23.5 Å². The molecule has 2 unspecified atom stereocenters. The van der Waals surface area contributed by atoms with Crippen molar-refractivity contribution in [2.45, 2.75) is 26.8 Å². The molecule has 0 spiro atoms. The van der Waals surface area contributed by atoms with Crippen molar-refractivity contribution in [2.75, 3.05) is 6.54 Å². The maximum absolute atomic E-state index is 11.7. The number of nitrogens with one attached hydrogen (secondary N) is 1. The predicted molar refractivity (Wildman–Crippen MR) is 60.3 cm³/mol. The molecule has 1 saturated heterocycles. The third-order valence-electron chi connectivity index (χ3n) is 3.25. The molecule has 3 nitrogen and oxygen atoms in total. The van der Waals surface area contributed by atoms with Crippen LogP contribution in [0.3, 0.4) is 0 Å². The first-order valence-electron chi connectivity index (χ1n) is 5.55. The van der Waals surface area contributed by atoms with Crippen LogP contribution in [-0.2, 0) is 0 Å². The number of hydrogen-bond donors (Lipinski definition) is 1. The molecule has 1 N–H and O–H groups in total. The lowest BCUT2D eigenvalue weighted by molar-refractivity contribution is 0.154. The molecular weight excluding hydrogens is 188 g/mol. The number of carbonyl (C=O) groups is 1. The fourth-order valence-electron chi connectivity index (χ4n) is 2.21. The highest BCUT2D eigenvalue weighted by atomic mass is 16.2. The van der Waals surface area contributed by atoms with Crippen LogP contribution in [0.15, 0.2) is 23.9 Å². The first-order chi connectivity index (χ1) is 7.09. The summed E-state index contributed by atoms with van der Waals surface area (Å²) >= 11 is 0. The molecule has 2 amide bonds. The molecule has 15 heavy (non-hydrogen) atoms. The minimum Gasteiger partial charge on any atom is -0.321 e. The molecule has 0 aromatic carbocycles. The Morgan fingerprint density at radius 3 is 2.93 bits per heavy atom. The summed E-state index contributed by atoms with van der Waals surface area (Å²) in [5.41, 5.74) is 1.08. The Hall–Kier alpha value is -1.25. The quantitative estimate of drug-likeness (QED) is 0.700. The standard InChI is InChI=1S/C12H18N2O/c1-8(2)14-7-10-9(3)5-4-6-11(10)13-12(14)15/h4-6,8-10H,7H2,1-3H3,(H,13,15). The summed E-state index contributed by atoms with van der Waals surface area (Å²) in [6, 6.07) is 0.305. The summed E-state index contributed by atoms with van der Waals surface area (Å²) in [6.07, 6.45) is 6.24. The zero-order chi connectivity index (χ0) is 11.0. The molecule has 1 heterocycles. The topological polar surface area (TPSA) is 32.3 Å². The van der Waals surface area contributed by atoms with E-state index in [4.69, 9.17) is 0 Å². The lowest BCUT2D eigenvalue weighted by Gasteiger charge is -2.40. The minimum atomic E-state index is 0.0370. The van der Waals surface area contributed by atoms with Crippen molar-refractivity contribution in [3.8, 4) is 0 Å². The number of carbonyl (C=O) groups excluding carboxylic acids is 1. The van der Waals surface area contributed by atoms with Gasteiger partial charge in [-0.15, -0.1) is 0 Å². The van der Waals surface area contributed by atoms with E-state index in [1.165, 1.54) is 0 Å². The molecule has 0 radical (unpaired) electrons. The molecule has 1 aliphatic carbocycles. The number of allylic oxidation sites excluding steroid dienone is 3. The Labute approximate surface area is 90.8 Å². The molecule has 0 aromatic heterocycles. The molecule has 0 bridgehead atoms. The SMILES string of the molecule is CC1C=CC=C2NC(=O)N(C(C)C)CC21. The summed E-state index contributed by atoms with van der Waals surface area (Å²) in [6.45, 7) is 7.14. The molecule has 1 fully saturated rings. The molecule has 2 atom stereocenters. The second-order valence-electron chi connectivity index (χ2n) is 4.65. The highest BCUT2D eigenvalue weighted by Gasteiger charge is 2.33. The molecule has 0 aromatic rings. The molecule has 2 rings (SSSR count). The molecule has 2 aliphatic rings. The van der Waals surface area contributed by atoms with Gasteiger partial charge in [-0.2, -0.15) is 0 Å². The minimum absolute atomic E-state index is 0.0370. The number of hydrogen-bond acceptors (Lipinski definition) is 1. The van der Waals surface area contributed by atoms with Crippen molar-refractivity contribution in [3.63, 3.8) is 0 Å². The van der Waals surface area contributed by atoms with E-state index in [1.54, 1.807) is 0 Å². The van der Waals surface area contributed by atoms with Gasteiger partial charge in [0.25, 0.3) is 0 Å². The number of fused-ring (bicyclic) bond motifs is 1. The summed E-state index contributed by atoms with van der Waals surface area (Å²) in [5.74, 6) is 0.946. The normalized spacial score (nSPS) is 30.0. The number of urea groups is 1. The van der Waals surface area contributed by atoms with Crippen LogP contribution in [0.4, 0.5) is 4.79 Å². The molecule has 1 aliphatic heterocycles. The number of amides is 2. The maximum atomic E-state index is 11.7. The maximum Gasteiger partial charge on any atom is 0.321 e. The average Bonchev–Trinajstić information content (AvgIpc) is 2.16. The first kappa shape index (κ1) is 10.3. The average molecular weight is 206 g/mol. The monoisotopic (exact) mass is 206 g/mol. The van der Waals surface area contributed by atoms with Crippen LogP contribution in [0.2, 0.25) is 0 Å². The summed E-state index contributed by atoms with van der Waals surface area (Å²) in [4.78, 5) is 13.6. The van der Waals surface area contributed by atoms with Crippen molar-refractivity contribution in [1.29, 1.82) is 0 Å². The van der Waals surface area contributed by atoms with Crippen molar-refractivity contribution >= 4 is 6.03 Å². The first-order valence-corrected chi connectivity index (χ1v) is 5.55. The van der Waals surface area contributed by atoms with Gasteiger partial charge in [-0.3, -0.25) is 0 Å². The molecular formula is C12H18N2O. The smallest absolute Gasteiger partial charge is 0.321 e. The third-order valence-corrected chi connectivity index (χ3v) is 3.25. The zero-order valence-electron chi connectivity index (χ0n) is 9.53. The van der Waals surface area contributed by atoms with Crippen molar-refractivity contribution < 1.29 is 4.79 Å². The van der Waals surface area contributed by atoms with Gasteiger partial charge in [0.2, 0.25) is 0 Å². The molecule has 3 heteroatoms. The van der Waals surface area contributed by atoms with Crippen LogP contribution in [0, 0.1) is 11.8 Å².